The lowest BCUT2D eigenvalue weighted by Crippen LogP contribution is -2.38. The lowest BCUT2D eigenvalue weighted by Gasteiger charge is -2.19. The van der Waals surface area contributed by atoms with Crippen LogP contribution in [0, 0.1) is 6.92 Å². The molecule has 3 heterocycles. The van der Waals surface area contributed by atoms with E-state index in [1.807, 2.05) is 25.1 Å². The Bertz CT molecular complexity index is 1020. The first-order valence-corrected chi connectivity index (χ1v) is 11.2. The minimum Gasteiger partial charge on any atom is -0.347 e. The minimum absolute atomic E-state index is 0.00974. The highest BCUT2D eigenvalue weighted by atomic mass is 16.2. The van der Waals surface area contributed by atoms with Gasteiger partial charge in [0, 0.05) is 43.7 Å². The lowest BCUT2D eigenvalue weighted by molar-refractivity contribution is -0.131. The van der Waals surface area contributed by atoms with E-state index in [1.165, 1.54) is 12.5 Å². The second-order valence-electron chi connectivity index (χ2n) is 8.52. The van der Waals surface area contributed by atoms with Gasteiger partial charge in [0.2, 0.25) is 17.7 Å². The third-order valence-corrected chi connectivity index (χ3v) is 6.18. The third-order valence-electron chi connectivity index (χ3n) is 6.18. The zero-order chi connectivity index (χ0) is 22.7. The first kappa shape index (κ1) is 21.9. The summed E-state index contributed by atoms with van der Waals surface area (Å²) < 4.78 is 0. The molecule has 0 radical (unpaired) electrons. The van der Waals surface area contributed by atoms with Crippen LogP contribution in [0.2, 0.25) is 0 Å². The largest absolute Gasteiger partial charge is 0.347 e. The van der Waals surface area contributed by atoms with Gasteiger partial charge in [-0.15, -0.1) is 0 Å². The van der Waals surface area contributed by atoms with Crippen molar-refractivity contribution in [3.63, 3.8) is 0 Å². The molecule has 32 heavy (non-hydrogen) atoms. The fourth-order valence-corrected chi connectivity index (χ4v) is 4.41. The van der Waals surface area contributed by atoms with Gasteiger partial charge in [-0.05, 0) is 31.7 Å². The number of hydrogen-bond acceptors (Lipinski definition) is 5. The summed E-state index contributed by atoms with van der Waals surface area (Å²) in [6, 6.07) is 10.3. The van der Waals surface area contributed by atoms with Crippen LogP contribution in [0.5, 0.6) is 0 Å². The van der Waals surface area contributed by atoms with Crippen LogP contribution in [0.15, 0.2) is 30.3 Å². The number of carbonyl (C=O) groups is 3. The van der Waals surface area contributed by atoms with Gasteiger partial charge >= 0.3 is 0 Å². The molecule has 1 fully saturated rings. The highest BCUT2D eigenvalue weighted by Gasteiger charge is 2.34. The van der Waals surface area contributed by atoms with Gasteiger partial charge < -0.3 is 10.2 Å². The molecule has 1 aromatic carbocycles. The van der Waals surface area contributed by atoms with Gasteiger partial charge in [0.05, 0.1) is 13.0 Å². The molecular formula is C24H29N5O3. The molecule has 4 rings (SSSR count). The molecule has 2 aliphatic rings. The van der Waals surface area contributed by atoms with Crippen molar-refractivity contribution in [3.8, 4) is 0 Å². The van der Waals surface area contributed by atoms with Crippen molar-refractivity contribution in [2.24, 2.45) is 0 Å². The summed E-state index contributed by atoms with van der Waals surface area (Å²) in [5.41, 5.74) is 3.01. The highest BCUT2D eigenvalue weighted by Crippen LogP contribution is 2.33. The SMILES string of the molecule is CC(=O)NCC(=O)N1CC[C@H](c2nc(C)c3c(n2)N(CCCc2ccccc2)C(=O)C3)C1. The Morgan fingerprint density at radius 3 is 2.72 bits per heavy atom. The zero-order valence-electron chi connectivity index (χ0n) is 18.6. The van der Waals surface area contributed by atoms with Gasteiger partial charge in [0.15, 0.2) is 0 Å². The number of likely N-dealkylation sites (tertiary alicyclic amines) is 1. The normalized spacial score (nSPS) is 17.6. The van der Waals surface area contributed by atoms with Crippen molar-refractivity contribution < 1.29 is 14.4 Å². The molecular weight excluding hydrogens is 406 g/mol. The lowest BCUT2D eigenvalue weighted by atomic mass is 10.1. The minimum atomic E-state index is -0.219. The Morgan fingerprint density at radius 1 is 1.19 bits per heavy atom. The molecule has 0 unspecified atom stereocenters. The molecule has 2 aliphatic heterocycles. The molecule has 0 spiro atoms. The van der Waals surface area contributed by atoms with Gasteiger partial charge in [-0.2, -0.15) is 0 Å². The molecule has 1 N–H and O–H groups in total. The predicted molar refractivity (Wildman–Crippen MR) is 120 cm³/mol. The maximum absolute atomic E-state index is 12.7. The number of nitrogens with one attached hydrogen (secondary N) is 1. The van der Waals surface area contributed by atoms with E-state index in [4.69, 9.17) is 9.97 Å². The van der Waals surface area contributed by atoms with Crippen LogP contribution in [-0.4, -0.2) is 58.8 Å². The molecule has 2 aromatic rings. The van der Waals surface area contributed by atoms with Crippen LogP contribution >= 0.6 is 0 Å². The Balaban J connectivity index is 1.44. The molecule has 0 bridgehead atoms. The van der Waals surface area contributed by atoms with Crippen LogP contribution in [0.4, 0.5) is 5.82 Å². The highest BCUT2D eigenvalue weighted by molar-refractivity contribution is 6.00. The van der Waals surface area contributed by atoms with Gasteiger partial charge in [-0.1, -0.05) is 30.3 Å². The van der Waals surface area contributed by atoms with E-state index in [2.05, 4.69) is 17.4 Å². The summed E-state index contributed by atoms with van der Waals surface area (Å²) in [5.74, 6) is 1.21. The Labute approximate surface area is 188 Å². The van der Waals surface area contributed by atoms with Crippen LogP contribution in [0.3, 0.4) is 0 Å². The smallest absolute Gasteiger partial charge is 0.241 e. The van der Waals surface area contributed by atoms with E-state index in [1.54, 1.807) is 9.80 Å². The molecule has 1 atom stereocenters. The van der Waals surface area contributed by atoms with Crippen molar-refractivity contribution in [1.29, 1.82) is 0 Å². The number of amides is 3. The first-order chi connectivity index (χ1) is 15.4. The van der Waals surface area contributed by atoms with E-state index in [0.717, 1.165) is 36.3 Å². The Hall–Kier alpha value is -3.29. The van der Waals surface area contributed by atoms with Crippen LogP contribution < -0.4 is 10.2 Å². The summed E-state index contributed by atoms with van der Waals surface area (Å²) >= 11 is 0. The number of rotatable bonds is 7. The van der Waals surface area contributed by atoms with Gasteiger partial charge in [0.1, 0.15) is 11.6 Å². The Kier molecular flexibility index (Phi) is 6.48. The van der Waals surface area contributed by atoms with Crippen molar-refractivity contribution >= 4 is 23.5 Å². The maximum Gasteiger partial charge on any atom is 0.241 e. The van der Waals surface area contributed by atoms with E-state index < -0.39 is 0 Å². The molecule has 168 valence electrons. The van der Waals surface area contributed by atoms with E-state index in [9.17, 15) is 14.4 Å². The number of nitrogens with zero attached hydrogens (tertiary/aromatic N) is 4. The fourth-order valence-electron chi connectivity index (χ4n) is 4.41. The topological polar surface area (TPSA) is 95.5 Å². The number of fused-ring (bicyclic) bond motifs is 1. The molecule has 0 aliphatic carbocycles. The second-order valence-corrected chi connectivity index (χ2v) is 8.52. The zero-order valence-corrected chi connectivity index (χ0v) is 18.6. The first-order valence-electron chi connectivity index (χ1n) is 11.2. The molecule has 1 saturated heterocycles. The van der Waals surface area contributed by atoms with Crippen LogP contribution in [0.25, 0.3) is 0 Å². The predicted octanol–water partition coefficient (Wildman–Crippen LogP) is 1.76. The molecule has 8 nitrogen and oxygen atoms in total. The van der Waals surface area contributed by atoms with Gasteiger partial charge in [-0.25, -0.2) is 9.97 Å². The summed E-state index contributed by atoms with van der Waals surface area (Å²) in [7, 11) is 0. The van der Waals surface area contributed by atoms with E-state index >= 15 is 0 Å². The average molecular weight is 436 g/mol. The number of aryl methyl sites for hydroxylation is 2. The molecule has 1 aromatic heterocycles. The quantitative estimate of drug-likeness (QED) is 0.715. The summed E-state index contributed by atoms with van der Waals surface area (Å²) in [5, 5.41) is 2.56. The van der Waals surface area contributed by atoms with E-state index in [-0.39, 0.29) is 30.2 Å². The molecule has 3 amide bonds. The maximum atomic E-state index is 12.7. The van der Waals surface area contributed by atoms with Crippen LogP contribution in [-0.2, 0) is 27.2 Å². The number of anilines is 1. The summed E-state index contributed by atoms with van der Waals surface area (Å²) in [6.45, 7) is 5.10. The molecule has 0 saturated carbocycles. The average Bonchev–Trinajstić information content (AvgIpc) is 3.39. The fraction of sp³-hybridized carbons (Fsp3) is 0.458. The standard InChI is InChI=1S/C24H29N5O3/c1-16-20-13-21(31)29(11-6-9-18-7-4-3-5-8-18)24(20)27-23(26-16)19-10-12-28(15-19)22(32)14-25-17(2)30/h3-5,7-8,19H,6,9-15H2,1-2H3,(H,25,30)/t19-/m0/s1. The Morgan fingerprint density at radius 2 is 1.97 bits per heavy atom. The van der Waals surface area contributed by atoms with Crippen molar-refractivity contribution in [3.05, 3.63) is 53.0 Å². The summed E-state index contributed by atoms with van der Waals surface area (Å²) in [6.07, 6.45) is 2.89. The monoisotopic (exact) mass is 435 g/mol. The number of aromatic nitrogens is 2. The summed E-state index contributed by atoms with van der Waals surface area (Å²) in [4.78, 5) is 49.1. The van der Waals surface area contributed by atoms with Gasteiger partial charge in [0.25, 0.3) is 0 Å². The van der Waals surface area contributed by atoms with E-state index in [0.29, 0.717) is 31.9 Å². The number of benzene rings is 1. The molecule has 8 heteroatoms. The van der Waals surface area contributed by atoms with Crippen molar-refractivity contribution in [2.45, 2.75) is 45.4 Å². The van der Waals surface area contributed by atoms with Crippen LogP contribution in [0.1, 0.15) is 48.3 Å². The van der Waals surface area contributed by atoms with Crippen molar-refractivity contribution in [2.75, 3.05) is 31.1 Å². The number of hydrogen-bond donors (Lipinski definition) is 1. The number of carbonyl (C=O) groups excluding carboxylic acids is 3. The van der Waals surface area contributed by atoms with Crippen molar-refractivity contribution in [1.82, 2.24) is 20.2 Å². The second kappa shape index (κ2) is 9.46. The van der Waals surface area contributed by atoms with Gasteiger partial charge in [-0.3, -0.25) is 19.3 Å². The third kappa shape index (κ3) is 4.79.